The van der Waals surface area contributed by atoms with Crippen LogP contribution in [0.5, 0.6) is 0 Å². The molecule has 4 amide bonds. The van der Waals surface area contributed by atoms with Crippen molar-refractivity contribution in [2.75, 3.05) is 5.32 Å². The van der Waals surface area contributed by atoms with Crippen LogP contribution >= 0.6 is 0 Å². The number of imide groups is 1. The van der Waals surface area contributed by atoms with Gasteiger partial charge in [-0.15, -0.1) is 0 Å². The van der Waals surface area contributed by atoms with Crippen LogP contribution in [0.15, 0.2) is 18.5 Å². The van der Waals surface area contributed by atoms with E-state index in [2.05, 4.69) is 48.6 Å². The minimum absolute atomic E-state index is 0.120. The number of benzene rings is 1. The predicted octanol–water partition coefficient (Wildman–Crippen LogP) is 3.29. The Balaban J connectivity index is 0.000000890. The fourth-order valence-corrected chi connectivity index (χ4v) is 3.37. The lowest BCUT2D eigenvalue weighted by Gasteiger charge is -2.22. The third-order valence-corrected chi connectivity index (χ3v) is 4.89. The second-order valence-electron chi connectivity index (χ2n) is 8.96. The number of unbranched alkanes of at least 4 members (excludes halogenated alkanes) is 2. The predicted molar refractivity (Wildman–Crippen MR) is 128 cm³/mol. The molecule has 1 fully saturated rings. The smallest absolute Gasteiger partial charge is 0.254 e. The van der Waals surface area contributed by atoms with Gasteiger partial charge >= 0.3 is 0 Å². The number of nitrogens with one attached hydrogen (secondary N) is 3. The summed E-state index contributed by atoms with van der Waals surface area (Å²) in [5.74, 6) is -0.612. The van der Waals surface area contributed by atoms with Gasteiger partial charge in [-0.3, -0.25) is 24.5 Å². The summed E-state index contributed by atoms with van der Waals surface area (Å²) >= 11 is 0. The maximum Gasteiger partial charge on any atom is 0.254 e. The molecule has 0 saturated carbocycles. The zero-order chi connectivity index (χ0) is 24.5. The minimum atomic E-state index is -0.782. The number of carbonyl (C=O) groups excluding carboxylic acids is 4. The number of piperidine rings is 1. The highest BCUT2D eigenvalue weighted by Gasteiger charge is 2.29. The van der Waals surface area contributed by atoms with Crippen LogP contribution in [0.25, 0.3) is 11.0 Å². The Bertz CT molecular complexity index is 1010. The molecule has 1 atom stereocenters. The molecule has 9 nitrogen and oxygen atoms in total. The van der Waals surface area contributed by atoms with E-state index in [1.54, 1.807) is 30.1 Å². The molecule has 0 spiro atoms. The highest BCUT2D eigenvalue weighted by atomic mass is 16.2. The Hall–Kier alpha value is -3.23. The van der Waals surface area contributed by atoms with E-state index in [1.165, 1.54) is 0 Å². The van der Waals surface area contributed by atoms with Gasteiger partial charge in [0.2, 0.25) is 17.7 Å². The number of hydrogen-bond donors (Lipinski definition) is 3. The summed E-state index contributed by atoms with van der Waals surface area (Å²) in [6.45, 7) is 8.57. The minimum Gasteiger partial charge on any atom is -0.340 e. The van der Waals surface area contributed by atoms with Crippen LogP contribution in [0.3, 0.4) is 0 Å². The van der Waals surface area contributed by atoms with E-state index < -0.39 is 17.9 Å². The van der Waals surface area contributed by atoms with Crippen molar-refractivity contribution in [1.82, 2.24) is 20.2 Å². The molecule has 1 aliphatic rings. The molecule has 9 heteroatoms. The second-order valence-corrected chi connectivity index (χ2v) is 8.96. The molecule has 0 aliphatic carbocycles. The van der Waals surface area contributed by atoms with Crippen molar-refractivity contribution in [1.29, 1.82) is 0 Å². The Kier molecular flexibility index (Phi) is 9.57. The summed E-state index contributed by atoms with van der Waals surface area (Å²) < 4.78 is 1.71. The third-order valence-electron chi connectivity index (χ3n) is 4.89. The molecular formula is C24H35N5O4. The van der Waals surface area contributed by atoms with Crippen LogP contribution < -0.4 is 16.0 Å². The van der Waals surface area contributed by atoms with E-state index in [9.17, 15) is 19.2 Å². The summed E-state index contributed by atoms with van der Waals surface area (Å²) in [6.07, 6.45) is 5.22. The molecule has 1 unspecified atom stereocenters. The first-order valence-electron chi connectivity index (χ1n) is 11.5. The van der Waals surface area contributed by atoms with Gasteiger partial charge in [0.05, 0.1) is 22.9 Å². The van der Waals surface area contributed by atoms with Gasteiger partial charge in [-0.1, -0.05) is 40.5 Å². The van der Waals surface area contributed by atoms with Gasteiger partial charge in [0.1, 0.15) is 6.04 Å². The average molecular weight is 458 g/mol. The van der Waals surface area contributed by atoms with Gasteiger partial charge in [0.25, 0.3) is 5.91 Å². The number of fused-ring (bicyclic) bond motifs is 1. The Morgan fingerprint density at radius 2 is 1.91 bits per heavy atom. The summed E-state index contributed by atoms with van der Waals surface area (Å²) in [7, 11) is 1.76. The number of rotatable bonds is 7. The van der Waals surface area contributed by atoms with Gasteiger partial charge in [0.15, 0.2) is 0 Å². The van der Waals surface area contributed by atoms with E-state index in [0.29, 0.717) is 28.7 Å². The molecule has 0 radical (unpaired) electrons. The number of hydrogen-bond acceptors (Lipinski definition) is 5. The molecule has 1 saturated heterocycles. The number of imidazole rings is 1. The van der Waals surface area contributed by atoms with E-state index in [1.807, 2.05) is 0 Å². The van der Waals surface area contributed by atoms with Gasteiger partial charge in [0, 0.05) is 25.6 Å². The van der Waals surface area contributed by atoms with Crippen LogP contribution in [-0.2, 0) is 21.4 Å². The molecule has 3 N–H and O–H groups in total. The number of nitrogens with zero attached hydrogens (tertiary/aromatic N) is 2. The van der Waals surface area contributed by atoms with Crippen molar-refractivity contribution in [3.8, 4) is 0 Å². The van der Waals surface area contributed by atoms with Gasteiger partial charge in [-0.05, 0) is 30.9 Å². The van der Waals surface area contributed by atoms with E-state index in [4.69, 9.17) is 0 Å². The molecule has 2 heterocycles. The Labute approximate surface area is 194 Å². The lowest BCUT2D eigenvalue weighted by atomic mass is 10.0. The normalized spacial score (nSPS) is 15.6. The van der Waals surface area contributed by atoms with Crippen molar-refractivity contribution < 1.29 is 19.2 Å². The first-order chi connectivity index (χ1) is 15.6. The van der Waals surface area contributed by atoms with E-state index in [0.717, 1.165) is 25.2 Å². The number of aryl methyl sites for hydroxylation is 1. The Morgan fingerprint density at radius 3 is 2.55 bits per heavy atom. The third kappa shape index (κ3) is 7.69. The summed E-state index contributed by atoms with van der Waals surface area (Å²) in [5.41, 5.74) is 1.94. The second kappa shape index (κ2) is 12.1. The Morgan fingerprint density at radius 1 is 1.21 bits per heavy atom. The molecule has 180 valence electrons. The van der Waals surface area contributed by atoms with Crippen molar-refractivity contribution in [3.63, 3.8) is 0 Å². The fraction of sp³-hybridized carbons (Fsp3) is 0.542. The van der Waals surface area contributed by atoms with Crippen LogP contribution in [0.1, 0.15) is 76.6 Å². The zero-order valence-corrected chi connectivity index (χ0v) is 20.2. The fourth-order valence-electron chi connectivity index (χ4n) is 3.37. The van der Waals surface area contributed by atoms with Gasteiger partial charge in [-0.25, -0.2) is 4.98 Å². The number of aromatic nitrogens is 2. The monoisotopic (exact) mass is 457 g/mol. The lowest BCUT2D eigenvalue weighted by Crippen LogP contribution is -2.52. The topological polar surface area (TPSA) is 122 Å². The van der Waals surface area contributed by atoms with Crippen LogP contribution in [0, 0.1) is 5.92 Å². The van der Waals surface area contributed by atoms with Crippen LogP contribution in [0.2, 0.25) is 0 Å². The van der Waals surface area contributed by atoms with Gasteiger partial charge in [-0.2, -0.15) is 0 Å². The van der Waals surface area contributed by atoms with E-state index in [-0.39, 0.29) is 24.7 Å². The maximum atomic E-state index is 12.9. The van der Waals surface area contributed by atoms with Gasteiger partial charge < -0.3 is 15.2 Å². The van der Waals surface area contributed by atoms with Crippen molar-refractivity contribution in [3.05, 3.63) is 24.0 Å². The van der Waals surface area contributed by atoms with Crippen LogP contribution in [0.4, 0.5) is 5.69 Å². The molecule has 1 aromatic heterocycles. The number of amides is 4. The molecular weight excluding hydrogens is 422 g/mol. The first kappa shape index (κ1) is 26.0. The number of anilines is 1. The summed E-state index contributed by atoms with van der Waals surface area (Å²) in [5, 5.41) is 7.73. The standard InChI is InChI=1S/C20H25N5O4.C4H10/c1-3-4-5-6-16(26)22-12-9-13(18-15(10-12)21-11-25(18)2)19(28)23-14-7-8-17(27)24-20(14)29;1-4(2)3/h9-11,14H,3-8H2,1-2H3,(H,22,26)(H,23,28)(H,24,27,29);4H,1-3H3. The lowest BCUT2D eigenvalue weighted by molar-refractivity contribution is -0.134. The molecule has 2 aromatic rings. The highest BCUT2D eigenvalue weighted by Crippen LogP contribution is 2.24. The quantitative estimate of drug-likeness (QED) is 0.435. The first-order valence-corrected chi connectivity index (χ1v) is 11.5. The molecule has 33 heavy (non-hydrogen) atoms. The average Bonchev–Trinajstić information content (AvgIpc) is 3.10. The molecule has 1 aliphatic heterocycles. The van der Waals surface area contributed by atoms with Crippen molar-refractivity contribution in [2.45, 2.75) is 72.3 Å². The van der Waals surface area contributed by atoms with Crippen LogP contribution in [-0.4, -0.2) is 39.2 Å². The largest absolute Gasteiger partial charge is 0.340 e. The maximum absolute atomic E-state index is 12.9. The van der Waals surface area contributed by atoms with Crippen molar-refractivity contribution in [2.24, 2.45) is 13.0 Å². The molecule has 0 bridgehead atoms. The highest BCUT2D eigenvalue weighted by molar-refractivity contribution is 6.09. The summed E-state index contributed by atoms with van der Waals surface area (Å²) in [4.78, 5) is 52.7. The SMILES string of the molecule is CC(C)C.CCCCCC(=O)Nc1cc(C(=O)NC2CCC(=O)NC2=O)c2c(c1)ncn2C. The molecule has 3 rings (SSSR count). The number of carbonyl (C=O) groups is 4. The zero-order valence-electron chi connectivity index (χ0n) is 20.2. The van der Waals surface area contributed by atoms with E-state index >= 15 is 0 Å². The van der Waals surface area contributed by atoms with Crippen molar-refractivity contribution >= 4 is 40.3 Å². The molecule has 1 aromatic carbocycles. The summed E-state index contributed by atoms with van der Waals surface area (Å²) in [6, 6.07) is 2.52.